The van der Waals surface area contributed by atoms with Crippen molar-refractivity contribution in [2.75, 3.05) is 13.6 Å². The highest BCUT2D eigenvalue weighted by atomic mass is 15.1. The number of aryl methyl sites for hydroxylation is 2. The van der Waals surface area contributed by atoms with E-state index in [1.54, 1.807) is 0 Å². The van der Waals surface area contributed by atoms with Gasteiger partial charge in [0.2, 0.25) is 0 Å². The summed E-state index contributed by atoms with van der Waals surface area (Å²) < 4.78 is 4.42. The van der Waals surface area contributed by atoms with E-state index in [9.17, 15) is 0 Å². The van der Waals surface area contributed by atoms with E-state index in [4.69, 9.17) is 0 Å². The van der Waals surface area contributed by atoms with Crippen LogP contribution in [0.15, 0.2) is 30.9 Å². The maximum atomic E-state index is 4.39. The average Bonchev–Trinajstić information content (AvgIpc) is 2.97. The molecule has 0 aromatic carbocycles. The molecule has 0 aliphatic carbocycles. The fourth-order valence-electron chi connectivity index (χ4n) is 3.06. The van der Waals surface area contributed by atoms with Gasteiger partial charge in [0.25, 0.3) is 0 Å². The highest BCUT2D eigenvalue weighted by Crippen LogP contribution is 2.20. The molecule has 102 valence electrons. The smallest absolute Gasteiger partial charge is 0.108 e. The number of aromatic nitrogens is 3. The molecule has 0 N–H and O–H groups in total. The van der Waals surface area contributed by atoms with E-state index in [2.05, 4.69) is 57.8 Å². The van der Waals surface area contributed by atoms with Gasteiger partial charge in [-0.3, -0.25) is 0 Å². The van der Waals surface area contributed by atoms with Crippen molar-refractivity contribution in [3.63, 3.8) is 0 Å². The summed E-state index contributed by atoms with van der Waals surface area (Å²) in [4.78, 5) is 6.82. The first-order valence-electron chi connectivity index (χ1n) is 7.00. The van der Waals surface area contributed by atoms with E-state index in [1.165, 1.54) is 17.8 Å². The first-order valence-corrected chi connectivity index (χ1v) is 7.00. The predicted molar refractivity (Wildman–Crippen MR) is 75.8 cm³/mol. The van der Waals surface area contributed by atoms with Crippen molar-refractivity contribution in [3.8, 4) is 0 Å². The Labute approximate surface area is 114 Å². The Kier molecular flexibility index (Phi) is 3.42. The predicted octanol–water partition coefficient (Wildman–Crippen LogP) is 1.92. The number of nitrogens with zero attached hydrogens (tertiary/aromatic N) is 4. The number of imidazole rings is 1. The molecule has 4 nitrogen and oxygen atoms in total. The minimum atomic E-state index is 0.746. The van der Waals surface area contributed by atoms with Gasteiger partial charge in [-0.15, -0.1) is 0 Å². The normalized spacial score (nSPS) is 18.8. The second-order valence-corrected chi connectivity index (χ2v) is 5.78. The molecule has 3 rings (SSSR count). The van der Waals surface area contributed by atoms with Gasteiger partial charge in [0.15, 0.2) is 0 Å². The standard InChI is InChI=1S/C15H22N4/c1-17-7-5-14(9-17)11-18(2)10-13-3-4-15-16-6-8-19(15)12-13/h5-9,13H,3-4,10-12H2,1-2H3. The molecule has 0 fully saturated rings. The lowest BCUT2D eigenvalue weighted by atomic mass is 9.99. The van der Waals surface area contributed by atoms with E-state index in [-0.39, 0.29) is 0 Å². The summed E-state index contributed by atoms with van der Waals surface area (Å²) in [6, 6.07) is 2.20. The van der Waals surface area contributed by atoms with Gasteiger partial charge in [-0.25, -0.2) is 4.98 Å². The van der Waals surface area contributed by atoms with Gasteiger partial charge in [-0.1, -0.05) is 0 Å². The molecule has 0 saturated heterocycles. The van der Waals surface area contributed by atoms with Crippen molar-refractivity contribution in [3.05, 3.63) is 42.2 Å². The van der Waals surface area contributed by atoms with Crippen molar-refractivity contribution >= 4 is 0 Å². The monoisotopic (exact) mass is 258 g/mol. The van der Waals surface area contributed by atoms with Crippen LogP contribution in [-0.4, -0.2) is 32.6 Å². The van der Waals surface area contributed by atoms with E-state index in [0.717, 1.165) is 32.0 Å². The average molecular weight is 258 g/mol. The fraction of sp³-hybridized carbons (Fsp3) is 0.533. The molecule has 1 aliphatic heterocycles. The summed E-state index contributed by atoms with van der Waals surface area (Å²) in [7, 11) is 4.29. The minimum Gasteiger partial charge on any atom is -0.357 e. The van der Waals surface area contributed by atoms with Crippen molar-refractivity contribution in [2.45, 2.75) is 25.9 Å². The first-order chi connectivity index (χ1) is 9.20. The summed E-state index contributed by atoms with van der Waals surface area (Å²) in [6.07, 6.45) is 10.7. The summed E-state index contributed by atoms with van der Waals surface area (Å²) >= 11 is 0. The van der Waals surface area contributed by atoms with Crippen LogP contribution >= 0.6 is 0 Å². The van der Waals surface area contributed by atoms with Crippen LogP contribution in [0.5, 0.6) is 0 Å². The van der Waals surface area contributed by atoms with Gasteiger partial charge in [0.1, 0.15) is 5.82 Å². The molecule has 1 aliphatic rings. The largest absolute Gasteiger partial charge is 0.357 e. The second kappa shape index (κ2) is 5.21. The molecule has 1 atom stereocenters. The molecule has 0 spiro atoms. The third-order valence-corrected chi connectivity index (χ3v) is 3.95. The van der Waals surface area contributed by atoms with Crippen LogP contribution in [0.4, 0.5) is 0 Å². The zero-order valence-corrected chi connectivity index (χ0v) is 11.8. The van der Waals surface area contributed by atoms with Crippen LogP contribution in [0.2, 0.25) is 0 Å². The Morgan fingerprint density at radius 3 is 3.11 bits per heavy atom. The van der Waals surface area contributed by atoms with E-state index >= 15 is 0 Å². The molecule has 2 aromatic rings. The van der Waals surface area contributed by atoms with Crippen LogP contribution in [0, 0.1) is 5.92 Å². The first kappa shape index (κ1) is 12.5. The number of hydrogen-bond donors (Lipinski definition) is 0. The summed E-state index contributed by atoms with van der Waals surface area (Å²) in [5, 5.41) is 0. The number of hydrogen-bond acceptors (Lipinski definition) is 2. The van der Waals surface area contributed by atoms with Crippen LogP contribution in [0.3, 0.4) is 0 Å². The fourth-order valence-corrected chi connectivity index (χ4v) is 3.06. The van der Waals surface area contributed by atoms with Crippen LogP contribution < -0.4 is 0 Å². The van der Waals surface area contributed by atoms with Crippen molar-refractivity contribution in [1.82, 2.24) is 19.0 Å². The number of fused-ring (bicyclic) bond motifs is 1. The quantitative estimate of drug-likeness (QED) is 0.837. The third-order valence-electron chi connectivity index (χ3n) is 3.95. The van der Waals surface area contributed by atoms with Crippen molar-refractivity contribution in [2.24, 2.45) is 13.0 Å². The summed E-state index contributed by atoms with van der Waals surface area (Å²) in [5.74, 6) is 2.00. The molecule has 2 aromatic heterocycles. The Morgan fingerprint density at radius 2 is 2.32 bits per heavy atom. The van der Waals surface area contributed by atoms with Crippen LogP contribution in [-0.2, 0) is 26.6 Å². The molecule has 1 unspecified atom stereocenters. The SMILES string of the molecule is CN(Cc1ccn(C)c1)CC1CCc2nccn2C1. The lowest BCUT2D eigenvalue weighted by molar-refractivity contribution is 0.229. The summed E-state index contributed by atoms with van der Waals surface area (Å²) in [5.41, 5.74) is 1.39. The molecule has 19 heavy (non-hydrogen) atoms. The Hall–Kier alpha value is -1.55. The maximum absolute atomic E-state index is 4.39. The van der Waals surface area contributed by atoms with Gasteiger partial charge >= 0.3 is 0 Å². The van der Waals surface area contributed by atoms with E-state index in [1.807, 2.05) is 6.20 Å². The van der Waals surface area contributed by atoms with Crippen molar-refractivity contribution in [1.29, 1.82) is 0 Å². The third kappa shape index (κ3) is 2.89. The Morgan fingerprint density at radius 1 is 1.42 bits per heavy atom. The van der Waals surface area contributed by atoms with Crippen LogP contribution in [0.1, 0.15) is 17.8 Å². The van der Waals surface area contributed by atoms with Crippen LogP contribution in [0.25, 0.3) is 0 Å². The zero-order valence-electron chi connectivity index (χ0n) is 11.8. The van der Waals surface area contributed by atoms with Gasteiger partial charge in [0, 0.05) is 57.9 Å². The second-order valence-electron chi connectivity index (χ2n) is 5.78. The van der Waals surface area contributed by atoms with E-state index < -0.39 is 0 Å². The summed E-state index contributed by atoms with van der Waals surface area (Å²) in [6.45, 7) is 3.31. The highest BCUT2D eigenvalue weighted by molar-refractivity contribution is 5.09. The number of rotatable bonds is 4. The lowest BCUT2D eigenvalue weighted by Gasteiger charge is -2.28. The van der Waals surface area contributed by atoms with Gasteiger partial charge in [-0.05, 0) is 31.0 Å². The Balaban J connectivity index is 1.54. The van der Waals surface area contributed by atoms with Gasteiger partial charge < -0.3 is 14.0 Å². The molecule has 0 amide bonds. The molecule has 0 radical (unpaired) electrons. The molecule has 0 saturated carbocycles. The molecular formula is C15H22N4. The molecule has 3 heterocycles. The van der Waals surface area contributed by atoms with Crippen molar-refractivity contribution < 1.29 is 0 Å². The highest BCUT2D eigenvalue weighted by Gasteiger charge is 2.20. The topological polar surface area (TPSA) is 26.0 Å². The Bertz CT molecular complexity index is 540. The zero-order chi connectivity index (χ0) is 13.2. The lowest BCUT2D eigenvalue weighted by Crippen LogP contribution is -2.31. The van der Waals surface area contributed by atoms with E-state index in [0.29, 0.717) is 0 Å². The molecule has 0 bridgehead atoms. The van der Waals surface area contributed by atoms with Gasteiger partial charge in [0.05, 0.1) is 0 Å². The molecular weight excluding hydrogens is 236 g/mol. The molecule has 4 heteroatoms. The minimum absolute atomic E-state index is 0.746. The maximum Gasteiger partial charge on any atom is 0.108 e. The van der Waals surface area contributed by atoms with Gasteiger partial charge in [-0.2, -0.15) is 0 Å².